The molecule has 186 valence electrons. The molecule has 2 amide bonds. The van der Waals surface area contributed by atoms with Crippen LogP contribution < -0.4 is 16.5 Å². The lowest BCUT2D eigenvalue weighted by molar-refractivity contribution is 0.0262. The number of aliphatic hydroxyl groups is 1. The van der Waals surface area contributed by atoms with Gasteiger partial charge in [-0.15, -0.1) is 0 Å². The summed E-state index contributed by atoms with van der Waals surface area (Å²) in [7, 11) is 0. The van der Waals surface area contributed by atoms with Gasteiger partial charge < -0.3 is 16.2 Å². The molecule has 7 nitrogen and oxygen atoms in total. The van der Waals surface area contributed by atoms with Crippen molar-refractivity contribution in [3.8, 4) is 0 Å². The van der Waals surface area contributed by atoms with E-state index in [-0.39, 0.29) is 39.9 Å². The smallest absolute Gasteiger partial charge is 0.277 e. The van der Waals surface area contributed by atoms with Gasteiger partial charge in [0.15, 0.2) is 11.6 Å². The molecule has 0 aliphatic heterocycles. The minimum atomic E-state index is -1.24. The van der Waals surface area contributed by atoms with Crippen LogP contribution >= 0.6 is 50.1 Å². The third kappa shape index (κ3) is 8.69. The number of hydroxylamine groups is 1. The fourth-order valence-corrected chi connectivity index (χ4v) is 3.84. The molecule has 0 saturated heterocycles. The maximum atomic E-state index is 14.5. The highest BCUT2D eigenvalue weighted by molar-refractivity contribution is 14.1. The number of halogens is 5. The molecule has 3 aromatic rings. The molecule has 0 aliphatic carbocycles. The second-order valence-corrected chi connectivity index (χ2v) is 9.25. The van der Waals surface area contributed by atoms with Crippen LogP contribution in [0.3, 0.4) is 0 Å². The lowest BCUT2D eigenvalue weighted by Crippen LogP contribution is -2.26. The van der Waals surface area contributed by atoms with Crippen LogP contribution in [0.5, 0.6) is 0 Å². The summed E-state index contributed by atoms with van der Waals surface area (Å²) in [5.41, 5.74) is 7.40. The van der Waals surface area contributed by atoms with Crippen molar-refractivity contribution in [1.29, 1.82) is 0 Å². The minimum Gasteiger partial charge on any atom is -0.396 e. The molecule has 3 aromatic carbocycles. The number of nitrogens with one attached hydrogen (secondary N) is 2. The van der Waals surface area contributed by atoms with E-state index in [1.165, 1.54) is 0 Å². The molecule has 0 aromatic heterocycles. The molecular weight excluding hydrogens is 663 g/mol. The molecule has 35 heavy (non-hydrogen) atoms. The molecule has 0 unspecified atom stereocenters. The summed E-state index contributed by atoms with van der Waals surface area (Å²) in [6.45, 7) is -0.0382. The first kappa shape index (κ1) is 28.9. The van der Waals surface area contributed by atoms with E-state index in [4.69, 9.17) is 27.3 Å². The summed E-state index contributed by atoms with van der Waals surface area (Å²) < 4.78 is 29.1. The zero-order valence-electron chi connectivity index (χ0n) is 18.0. The molecule has 0 bridgehead atoms. The number of aliphatic hydroxyl groups excluding tert-OH is 1. The van der Waals surface area contributed by atoms with Crippen LogP contribution in [0.2, 0.25) is 5.02 Å². The van der Waals surface area contributed by atoms with Crippen LogP contribution in [0, 0.1) is 15.2 Å². The van der Waals surface area contributed by atoms with E-state index in [0.29, 0.717) is 17.7 Å². The summed E-state index contributed by atoms with van der Waals surface area (Å²) in [4.78, 5) is 27.6. The van der Waals surface area contributed by atoms with Crippen molar-refractivity contribution in [2.45, 2.75) is 6.42 Å². The average molecular weight is 683 g/mol. The van der Waals surface area contributed by atoms with Gasteiger partial charge in [-0.25, -0.2) is 14.3 Å². The number of rotatable bonds is 8. The van der Waals surface area contributed by atoms with Crippen molar-refractivity contribution in [1.82, 2.24) is 5.48 Å². The van der Waals surface area contributed by atoms with Gasteiger partial charge in [0.05, 0.1) is 33.0 Å². The van der Waals surface area contributed by atoms with Crippen LogP contribution in [0.15, 0.2) is 59.1 Å². The topological polar surface area (TPSA) is 114 Å². The van der Waals surface area contributed by atoms with E-state index in [2.05, 4.69) is 49.3 Å². The third-order valence-electron chi connectivity index (χ3n) is 4.23. The second kappa shape index (κ2) is 14.3. The summed E-state index contributed by atoms with van der Waals surface area (Å²) in [6, 6.07) is 14.8. The van der Waals surface area contributed by atoms with E-state index in [1.54, 1.807) is 42.5 Å². The number of anilines is 2. The van der Waals surface area contributed by atoms with Gasteiger partial charge in [0.25, 0.3) is 5.91 Å². The SMILES string of the molecule is NC(=O)c1ccccc1.O=C(NOCCCO)c1cc(Br)c(F)c(F)c1Nc1ccc(I)cc1Cl. The van der Waals surface area contributed by atoms with Crippen LogP contribution in [-0.4, -0.2) is 30.1 Å². The van der Waals surface area contributed by atoms with E-state index in [9.17, 15) is 18.4 Å². The van der Waals surface area contributed by atoms with Crippen LogP contribution in [-0.2, 0) is 4.84 Å². The first-order chi connectivity index (χ1) is 16.6. The summed E-state index contributed by atoms with van der Waals surface area (Å²) in [5, 5.41) is 11.6. The number of primary amides is 1. The maximum Gasteiger partial charge on any atom is 0.277 e. The molecule has 0 fully saturated rings. The molecular formula is C23H20BrClF2IN3O4. The van der Waals surface area contributed by atoms with Crippen LogP contribution in [0.1, 0.15) is 27.1 Å². The highest BCUT2D eigenvalue weighted by Crippen LogP contribution is 2.34. The zero-order valence-corrected chi connectivity index (χ0v) is 22.5. The van der Waals surface area contributed by atoms with E-state index in [1.807, 2.05) is 6.07 Å². The number of benzene rings is 3. The average Bonchev–Trinajstić information content (AvgIpc) is 2.84. The van der Waals surface area contributed by atoms with E-state index in [0.717, 1.165) is 9.64 Å². The van der Waals surface area contributed by atoms with E-state index >= 15 is 0 Å². The van der Waals surface area contributed by atoms with E-state index < -0.39 is 17.5 Å². The summed E-state index contributed by atoms with van der Waals surface area (Å²) in [6.07, 6.45) is 0.311. The number of amides is 2. The number of carbonyl (C=O) groups excluding carboxylic acids is 2. The van der Waals surface area contributed by atoms with Crippen molar-refractivity contribution in [2.24, 2.45) is 5.73 Å². The predicted molar refractivity (Wildman–Crippen MR) is 142 cm³/mol. The van der Waals surface area contributed by atoms with Crippen molar-refractivity contribution >= 4 is 73.3 Å². The molecule has 0 aliphatic rings. The fourth-order valence-electron chi connectivity index (χ4n) is 2.53. The van der Waals surface area contributed by atoms with Crippen molar-refractivity contribution in [2.75, 3.05) is 18.5 Å². The molecule has 0 saturated carbocycles. The fraction of sp³-hybridized carbons (Fsp3) is 0.130. The van der Waals surface area contributed by atoms with Gasteiger partial charge in [-0.2, -0.15) is 0 Å². The first-order valence-corrected chi connectivity index (χ1v) is 12.2. The lowest BCUT2D eigenvalue weighted by atomic mass is 10.1. The Labute approximate surface area is 227 Å². The Morgan fingerprint density at radius 3 is 2.37 bits per heavy atom. The Kier molecular flexibility index (Phi) is 11.8. The molecule has 0 heterocycles. The maximum absolute atomic E-state index is 14.5. The highest BCUT2D eigenvalue weighted by atomic mass is 127. The molecule has 0 atom stereocenters. The van der Waals surface area contributed by atoms with Gasteiger partial charge in [0, 0.05) is 15.7 Å². The molecule has 0 spiro atoms. The van der Waals surface area contributed by atoms with Gasteiger partial charge >= 0.3 is 0 Å². The van der Waals surface area contributed by atoms with Crippen LogP contribution in [0.25, 0.3) is 0 Å². The molecule has 5 N–H and O–H groups in total. The Hall–Kier alpha value is -2.32. The van der Waals surface area contributed by atoms with Crippen molar-refractivity contribution < 1.29 is 28.3 Å². The Morgan fingerprint density at radius 2 is 1.80 bits per heavy atom. The third-order valence-corrected chi connectivity index (χ3v) is 5.79. The largest absolute Gasteiger partial charge is 0.396 e. The predicted octanol–water partition coefficient (Wildman–Crippen LogP) is 5.56. The Morgan fingerprint density at radius 1 is 1.11 bits per heavy atom. The summed E-state index contributed by atoms with van der Waals surface area (Å²) >= 11 is 11.0. The van der Waals surface area contributed by atoms with Gasteiger partial charge in [-0.05, 0) is 81.3 Å². The highest BCUT2D eigenvalue weighted by Gasteiger charge is 2.23. The Bertz CT molecular complexity index is 1190. The van der Waals surface area contributed by atoms with Gasteiger partial charge in [0.1, 0.15) is 0 Å². The number of hydrogen-bond donors (Lipinski definition) is 4. The molecule has 3 rings (SSSR count). The summed E-state index contributed by atoms with van der Waals surface area (Å²) in [5.74, 6) is -3.55. The monoisotopic (exact) mass is 681 g/mol. The van der Waals surface area contributed by atoms with Gasteiger partial charge in [0.2, 0.25) is 5.91 Å². The number of hydrogen-bond acceptors (Lipinski definition) is 5. The zero-order chi connectivity index (χ0) is 26.0. The number of carbonyl (C=O) groups is 2. The number of nitrogens with two attached hydrogens (primary N) is 1. The van der Waals surface area contributed by atoms with Gasteiger partial charge in [-0.3, -0.25) is 14.4 Å². The van der Waals surface area contributed by atoms with Crippen molar-refractivity contribution in [3.63, 3.8) is 0 Å². The van der Waals surface area contributed by atoms with Crippen molar-refractivity contribution in [3.05, 3.63) is 90.4 Å². The standard InChI is InChI=1S/C16H13BrClF2IN2O3.C7H7NO/c17-10-7-9(16(25)23-26-5-1-4-24)15(14(20)13(10)19)22-12-3-2-8(21)6-11(12)18;8-7(9)6-4-2-1-3-5-6/h2-3,6-7,22,24H,1,4-5H2,(H,23,25);1-5H,(H2,8,9). The lowest BCUT2D eigenvalue weighted by Gasteiger charge is -2.15. The first-order valence-electron chi connectivity index (χ1n) is 9.93. The second-order valence-electron chi connectivity index (χ2n) is 6.75. The molecule has 12 heteroatoms. The van der Waals surface area contributed by atoms with Gasteiger partial charge in [-0.1, -0.05) is 29.8 Å². The van der Waals surface area contributed by atoms with Crippen LogP contribution in [0.4, 0.5) is 20.2 Å². The molecule has 0 radical (unpaired) electrons. The quantitative estimate of drug-likeness (QED) is 0.108. The Balaban J connectivity index is 0.000000402. The normalized spacial score (nSPS) is 10.2. The minimum absolute atomic E-state index is 0.0683.